The minimum Gasteiger partial charge on any atom is -0.340 e. The molecule has 0 unspecified atom stereocenters. The number of carbonyl (C=O) groups excluding carboxylic acids is 3. The van der Waals surface area contributed by atoms with Crippen LogP contribution in [0.25, 0.3) is 11.1 Å². The zero-order chi connectivity index (χ0) is 25.1. The highest BCUT2D eigenvalue weighted by Crippen LogP contribution is 2.40. The first kappa shape index (κ1) is 23.9. The van der Waals surface area contributed by atoms with Crippen LogP contribution in [-0.2, 0) is 26.3 Å². The minimum atomic E-state index is -1.16. The summed E-state index contributed by atoms with van der Waals surface area (Å²) in [4.78, 5) is 48.8. The highest BCUT2D eigenvalue weighted by atomic mass is 16.2. The number of imide groups is 1. The fraction of sp³-hybridized carbons (Fsp3) is 0.310. The zero-order valence-corrected chi connectivity index (χ0v) is 20.5. The first-order valence-corrected chi connectivity index (χ1v) is 12.3. The van der Waals surface area contributed by atoms with Crippen molar-refractivity contribution in [2.75, 3.05) is 33.2 Å². The summed E-state index contributed by atoms with van der Waals surface area (Å²) in [5.74, 6) is -0.631. The Morgan fingerprint density at radius 2 is 1.50 bits per heavy atom. The molecule has 7 heteroatoms. The summed E-state index contributed by atoms with van der Waals surface area (Å²) in [7, 11) is 1.51. The van der Waals surface area contributed by atoms with Gasteiger partial charge in [-0.1, -0.05) is 54.6 Å². The van der Waals surface area contributed by atoms with E-state index in [0.29, 0.717) is 13.1 Å². The molecule has 3 amide bonds. The highest BCUT2D eigenvalue weighted by molar-refractivity contribution is 6.10. The van der Waals surface area contributed by atoms with Crippen molar-refractivity contribution in [1.82, 2.24) is 19.7 Å². The Labute approximate surface area is 211 Å². The highest BCUT2D eigenvalue weighted by Gasteiger charge is 2.53. The maximum Gasteiger partial charge on any atom is 0.240 e. The van der Waals surface area contributed by atoms with E-state index in [1.807, 2.05) is 71.6 Å². The number of aromatic nitrogens is 1. The number of rotatable bonds is 6. The molecule has 2 aliphatic rings. The third-order valence-electron chi connectivity index (χ3n) is 7.42. The largest absolute Gasteiger partial charge is 0.340 e. The van der Waals surface area contributed by atoms with Gasteiger partial charge in [0.1, 0.15) is 0 Å². The molecular weight excluding hydrogens is 452 g/mol. The van der Waals surface area contributed by atoms with E-state index in [0.717, 1.165) is 36.3 Å². The minimum absolute atomic E-state index is 0.00302. The third-order valence-corrected chi connectivity index (χ3v) is 7.42. The van der Waals surface area contributed by atoms with Crippen molar-refractivity contribution in [3.63, 3.8) is 0 Å². The SMILES string of the molecule is CN1C(=O)C[C@@](CC(=O)N2CCN(Cc3ccncc3)CC2)(c2ccc(-c3ccccc3)cc2)C1=O. The van der Waals surface area contributed by atoms with Crippen molar-refractivity contribution in [3.8, 4) is 11.1 Å². The molecule has 0 radical (unpaired) electrons. The lowest BCUT2D eigenvalue weighted by molar-refractivity contribution is -0.142. The monoisotopic (exact) mass is 482 g/mol. The second-order valence-electron chi connectivity index (χ2n) is 9.65. The Bertz CT molecular complexity index is 1240. The number of piperazine rings is 1. The van der Waals surface area contributed by atoms with E-state index in [2.05, 4.69) is 9.88 Å². The van der Waals surface area contributed by atoms with Crippen molar-refractivity contribution >= 4 is 17.7 Å². The van der Waals surface area contributed by atoms with Gasteiger partial charge in [0.2, 0.25) is 17.7 Å². The molecule has 7 nitrogen and oxygen atoms in total. The van der Waals surface area contributed by atoms with Crippen LogP contribution in [-0.4, -0.2) is 70.6 Å². The number of likely N-dealkylation sites (tertiary alicyclic amines) is 1. The van der Waals surface area contributed by atoms with Crippen LogP contribution in [0.5, 0.6) is 0 Å². The van der Waals surface area contributed by atoms with Crippen LogP contribution in [0.2, 0.25) is 0 Å². The second-order valence-corrected chi connectivity index (χ2v) is 9.65. The number of hydrogen-bond acceptors (Lipinski definition) is 5. The molecule has 1 atom stereocenters. The van der Waals surface area contributed by atoms with E-state index < -0.39 is 5.41 Å². The second kappa shape index (κ2) is 10.0. The van der Waals surface area contributed by atoms with Gasteiger partial charge in [0.15, 0.2) is 0 Å². The molecule has 184 valence electrons. The van der Waals surface area contributed by atoms with E-state index in [4.69, 9.17) is 0 Å². The molecule has 1 aromatic heterocycles. The fourth-order valence-corrected chi connectivity index (χ4v) is 5.24. The molecule has 0 bridgehead atoms. The van der Waals surface area contributed by atoms with E-state index in [-0.39, 0.29) is 30.6 Å². The van der Waals surface area contributed by atoms with Gasteiger partial charge in [0.25, 0.3) is 0 Å². The summed E-state index contributed by atoms with van der Waals surface area (Å²) in [6, 6.07) is 21.7. The van der Waals surface area contributed by atoms with Gasteiger partial charge in [-0.15, -0.1) is 0 Å². The molecule has 0 saturated carbocycles. The van der Waals surface area contributed by atoms with Gasteiger partial charge in [0.05, 0.1) is 5.41 Å². The van der Waals surface area contributed by atoms with Gasteiger partial charge in [-0.3, -0.25) is 29.2 Å². The van der Waals surface area contributed by atoms with Crippen LogP contribution in [0.1, 0.15) is 24.0 Å². The summed E-state index contributed by atoms with van der Waals surface area (Å²) in [6.45, 7) is 3.55. The average Bonchev–Trinajstić information content (AvgIpc) is 3.14. The normalized spacial score (nSPS) is 20.7. The molecule has 2 fully saturated rings. The quantitative estimate of drug-likeness (QED) is 0.505. The van der Waals surface area contributed by atoms with Crippen molar-refractivity contribution in [2.45, 2.75) is 24.8 Å². The fourth-order valence-electron chi connectivity index (χ4n) is 5.24. The van der Waals surface area contributed by atoms with Crippen molar-refractivity contribution in [3.05, 3.63) is 90.3 Å². The van der Waals surface area contributed by atoms with E-state index in [1.54, 1.807) is 12.4 Å². The topological polar surface area (TPSA) is 73.8 Å². The number of benzene rings is 2. The van der Waals surface area contributed by atoms with Crippen molar-refractivity contribution < 1.29 is 14.4 Å². The summed E-state index contributed by atoms with van der Waals surface area (Å²) in [5.41, 5.74) is 2.85. The van der Waals surface area contributed by atoms with Gasteiger partial charge in [-0.2, -0.15) is 0 Å². The summed E-state index contributed by atoms with van der Waals surface area (Å²) < 4.78 is 0. The lowest BCUT2D eigenvalue weighted by Crippen LogP contribution is -2.50. The van der Waals surface area contributed by atoms with E-state index in [1.165, 1.54) is 17.5 Å². The van der Waals surface area contributed by atoms with Crippen molar-refractivity contribution in [1.29, 1.82) is 0 Å². The Morgan fingerprint density at radius 1 is 0.861 bits per heavy atom. The first-order valence-electron chi connectivity index (χ1n) is 12.3. The average molecular weight is 483 g/mol. The predicted octanol–water partition coefficient (Wildman–Crippen LogP) is 3.11. The van der Waals surface area contributed by atoms with E-state index in [9.17, 15) is 14.4 Å². The molecule has 2 saturated heterocycles. The molecule has 0 aliphatic carbocycles. The number of likely N-dealkylation sites (N-methyl/N-ethyl adjacent to an activating group) is 1. The third kappa shape index (κ3) is 4.66. The van der Waals surface area contributed by atoms with Crippen molar-refractivity contribution in [2.24, 2.45) is 0 Å². The van der Waals surface area contributed by atoms with Gasteiger partial charge >= 0.3 is 0 Å². The Morgan fingerprint density at radius 3 is 2.11 bits per heavy atom. The number of carbonyl (C=O) groups is 3. The van der Waals surface area contributed by atoms with Gasteiger partial charge in [-0.05, 0) is 34.4 Å². The summed E-state index contributed by atoms with van der Waals surface area (Å²) in [5, 5.41) is 0. The number of amides is 3. The van der Waals surface area contributed by atoms with Crippen LogP contribution >= 0.6 is 0 Å². The Balaban J connectivity index is 1.32. The molecule has 3 heterocycles. The lowest BCUT2D eigenvalue weighted by Gasteiger charge is -2.36. The lowest BCUT2D eigenvalue weighted by atomic mass is 9.75. The summed E-state index contributed by atoms with van der Waals surface area (Å²) in [6.07, 6.45) is 3.59. The zero-order valence-electron chi connectivity index (χ0n) is 20.5. The van der Waals surface area contributed by atoms with Crippen LogP contribution in [0, 0.1) is 0 Å². The molecular formula is C29H30N4O3. The van der Waals surface area contributed by atoms with Crippen LogP contribution < -0.4 is 0 Å². The predicted molar refractivity (Wildman–Crippen MR) is 137 cm³/mol. The number of nitrogens with zero attached hydrogens (tertiary/aromatic N) is 4. The molecule has 3 aromatic rings. The Kier molecular flexibility index (Phi) is 6.65. The molecule has 0 N–H and O–H groups in total. The number of hydrogen-bond donors (Lipinski definition) is 0. The molecule has 2 aromatic carbocycles. The van der Waals surface area contributed by atoms with Crippen LogP contribution in [0.3, 0.4) is 0 Å². The smallest absolute Gasteiger partial charge is 0.240 e. The van der Waals surface area contributed by atoms with Gasteiger partial charge in [0, 0.05) is 65.0 Å². The van der Waals surface area contributed by atoms with E-state index >= 15 is 0 Å². The number of pyridine rings is 1. The molecule has 36 heavy (non-hydrogen) atoms. The molecule has 5 rings (SSSR count). The Hall–Kier alpha value is -3.84. The maximum atomic E-state index is 13.5. The first-order chi connectivity index (χ1) is 17.5. The maximum absolute atomic E-state index is 13.5. The van der Waals surface area contributed by atoms with Crippen LogP contribution in [0.15, 0.2) is 79.1 Å². The van der Waals surface area contributed by atoms with Crippen LogP contribution in [0.4, 0.5) is 0 Å². The molecule has 2 aliphatic heterocycles. The standard InChI is InChI=1S/C29H30N4O3/c1-31-26(34)19-29(28(31)36,25-9-7-24(8-10-25)23-5-3-2-4-6-23)20-27(35)33-17-15-32(16-18-33)21-22-11-13-30-14-12-22/h2-14H,15-21H2,1H3/t29-/m1/s1. The van der Waals surface area contributed by atoms with Gasteiger partial charge in [-0.25, -0.2) is 0 Å². The molecule has 0 spiro atoms. The summed E-state index contributed by atoms with van der Waals surface area (Å²) >= 11 is 0. The van der Waals surface area contributed by atoms with Gasteiger partial charge < -0.3 is 4.90 Å².